The smallest absolute Gasteiger partial charge is 0.182 e. The molecule has 16 heavy (non-hydrogen) atoms. The van der Waals surface area contributed by atoms with Crippen molar-refractivity contribution in [3.05, 3.63) is 0 Å². The third-order valence-corrected chi connectivity index (χ3v) is 4.59. The van der Waals surface area contributed by atoms with Crippen molar-refractivity contribution in [3.63, 3.8) is 0 Å². The van der Waals surface area contributed by atoms with Gasteiger partial charge in [-0.3, -0.25) is 0 Å². The lowest BCUT2D eigenvalue weighted by Crippen LogP contribution is -2.70. The Kier molecular flexibility index (Phi) is 3.21. The zero-order chi connectivity index (χ0) is 12.8. The van der Waals surface area contributed by atoms with Gasteiger partial charge in [0.1, 0.15) is 0 Å². The third kappa shape index (κ3) is 1.45. The van der Waals surface area contributed by atoms with Crippen molar-refractivity contribution in [2.45, 2.75) is 52.9 Å². The predicted molar refractivity (Wildman–Crippen MR) is 64.3 cm³/mol. The van der Waals surface area contributed by atoms with Crippen molar-refractivity contribution in [3.8, 4) is 0 Å². The summed E-state index contributed by atoms with van der Waals surface area (Å²) in [7, 11) is 3.43. The van der Waals surface area contributed by atoms with Crippen LogP contribution in [-0.2, 0) is 14.2 Å². The number of rotatable bonds is 2. The lowest BCUT2D eigenvalue weighted by molar-refractivity contribution is -0.395. The Morgan fingerprint density at radius 1 is 0.875 bits per heavy atom. The SMILES string of the molecule is COC1(OC)C(C)(C)COC(C)(C)C1(C)C. The van der Waals surface area contributed by atoms with Crippen molar-refractivity contribution in [2.24, 2.45) is 10.8 Å². The van der Waals surface area contributed by atoms with Gasteiger partial charge in [0, 0.05) is 25.0 Å². The summed E-state index contributed by atoms with van der Waals surface area (Å²) >= 11 is 0. The van der Waals surface area contributed by atoms with Gasteiger partial charge in [-0.2, -0.15) is 0 Å². The Labute approximate surface area is 99.5 Å². The van der Waals surface area contributed by atoms with Crippen LogP contribution in [0.4, 0.5) is 0 Å². The maximum atomic E-state index is 5.99. The Morgan fingerprint density at radius 3 is 1.62 bits per heavy atom. The predicted octanol–water partition coefficient (Wildman–Crippen LogP) is 2.84. The van der Waals surface area contributed by atoms with E-state index in [2.05, 4.69) is 41.5 Å². The monoisotopic (exact) mass is 230 g/mol. The highest BCUT2D eigenvalue weighted by atomic mass is 16.7. The van der Waals surface area contributed by atoms with Crippen molar-refractivity contribution in [1.82, 2.24) is 0 Å². The highest BCUT2D eigenvalue weighted by Crippen LogP contribution is 2.57. The fourth-order valence-electron chi connectivity index (χ4n) is 3.02. The molecule has 1 aliphatic heterocycles. The van der Waals surface area contributed by atoms with Gasteiger partial charge in [-0.05, 0) is 13.8 Å². The van der Waals surface area contributed by atoms with Crippen LogP contribution in [0.25, 0.3) is 0 Å². The van der Waals surface area contributed by atoms with Crippen LogP contribution in [0.3, 0.4) is 0 Å². The molecule has 0 amide bonds. The van der Waals surface area contributed by atoms with E-state index < -0.39 is 5.79 Å². The molecule has 1 heterocycles. The summed E-state index contributed by atoms with van der Waals surface area (Å²) in [6, 6.07) is 0. The molecule has 1 saturated heterocycles. The summed E-state index contributed by atoms with van der Waals surface area (Å²) < 4.78 is 17.6. The molecule has 0 N–H and O–H groups in total. The van der Waals surface area contributed by atoms with Gasteiger partial charge in [-0.15, -0.1) is 0 Å². The van der Waals surface area contributed by atoms with Crippen LogP contribution in [0, 0.1) is 10.8 Å². The number of ether oxygens (including phenoxy) is 3. The molecular weight excluding hydrogens is 204 g/mol. The topological polar surface area (TPSA) is 27.7 Å². The van der Waals surface area contributed by atoms with Gasteiger partial charge in [0.2, 0.25) is 0 Å². The van der Waals surface area contributed by atoms with Crippen LogP contribution in [0.1, 0.15) is 41.5 Å². The molecule has 0 bridgehead atoms. The Morgan fingerprint density at radius 2 is 1.31 bits per heavy atom. The molecule has 0 atom stereocenters. The second kappa shape index (κ2) is 3.69. The summed E-state index contributed by atoms with van der Waals surface area (Å²) in [4.78, 5) is 0. The van der Waals surface area contributed by atoms with Crippen LogP contribution in [0.2, 0.25) is 0 Å². The first-order valence-corrected chi connectivity index (χ1v) is 5.82. The van der Waals surface area contributed by atoms with E-state index in [1.807, 2.05) is 0 Å². The molecule has 0 aromatic heterocycles. The number of hydrogen-bond acceptors (Lipinski definition) is 3. The van der Waals surface area contributed by atoms with Crippen LogP contribution >= 0.6 is 0 Å². The van der Waals surface area contributed by atoms with Crippen LogP contribution in [0.5, 0.6) is 0 Å². The lowest BCUT2D eigenvalue weighted by atomic mass is 9.59. The second-order valence-corrected chi connectivity index (χ2v) is 6.33. The lowest BCUT2D eigenvalue weighted by Gasteiger charge is -2.62. The first-order valence-electron chi connectivity index (χ1n) is 5.82. The minimum Gasteiger partial charge on any atom is -0.374 e. The summed E-state index contributed by atoms with van der Waals surface area (Å²) in [6.45, 7) is 13.3. The zero-order valence-corrected chi connectivity index (χ0v) is 11.9. The summed E-state index contributed by atoms with van der Waals surface area (Å²) in [5, 5.41) is 0. The molecule has 0 radical (unpaired) electrons. The van der Waals surface area contributed by atoms with E-state index in [1.165, 1.54) is 0 Å². The average molecular weight is 230 g/mol. The third-order valence-electron chi connectivity index (χ3n) is 4.59. The van der Waals surface area contributed by atoms with Crippen molar-refractivity contribution in [2.75, 3.05) is 20.8 Å². The van der Waals surface area contributed by atoms with Gasteiger partial charge >= 0.3 is 0 Å². The standard InChI is InChI=1S/C13H26O3/c1-10(2)9-16-12(5,6)11(3,4)13(10,14-7)15-8/h9H2,1-8H3. The van der Waals surface area contributed by atoms with Crippen LogP contribution < -0.4 is 0 Å². The molecule has 1 rings (SSSR count). The van der Waals surface area contributed by atoms with Crippen LogP contribution in [-0.4, -0.2) is 32.2 Å². The fourth-order valence-corrected chi connectivity index (χ4v) is 3.02. The first kappa shape index (κ1) is 13.9. The van der Waals surface area contributed by atoms with Gasteiger partial charge in [0.25, 0.3) is 0 Å². The molecule has 3 heteroatoms. The molecular formula is C13H26O3. The number of methoxy groups -OCH3 is 2. The molecule has 0 aromatic carbocycles. The van der Waals surface area contributed by atoms with E-state index in [0.717, 1.165) is 0 Å². The fraction of sp³-hybridized carbons (Fsp3) is 1.00. The summed E-state index contributed by atoms with van der Waals surface area (Å²) in [5.74, 6) is -0.637. The first-order chi connectivity index (χ1) is 7.08. The molecule has 1 fully saturated rings. The van der Waals surface area contributed by atoms with Gasteiger partial charge in [0.15, 0.2) is 5.79 Å². The summed E-state index contributed by atoms with van der Waals surface area (Å²) in [5.41, 5.74) is -0.713. The molecule has 3 nitrogen and oxygen atoms in total. The highest BCUT2D eigenvalue weighted by molar-refractivity contribution is 5.08. The van der Waals surface area contributed by atoms with Crippen LogP contribution in [0.15, 0.2) is 0 Å². The summed E-state index contributed by atoms with van der Waals surface area (Å²) in [6.07, 6.45) is 0. The Bertz CT molecular complexity index is 262. The quantitative estimate of drug-likeness (QED) is 0.683. The molecule has 1 aliphatic rings. The maximum Gasteiger partial charge on any atom is 0.182 e. The molecule has 0 unspecified atom stereocenters. The van der Waals surface area contributed by atoms with Gasteiger partial charge < -0.3 is 14.2 Å². The maximum absolute atomic E-state index is 5.99. The zero-order valence-electron chi connectivity index (χ0n) is 11.9. The Hall–Kier alpha value is -0.120. The van der Waals surface area contributed by atoms with E-state index >= 15 is 0 Å². The van der Waals surface area contributed by atoms with Gasteiger partial charge in [-0.25, -0.2) is 0 Å². The number of hydrogen-bond donors (Lipinski definition) is 0. The molecule has 0 saturated carbocycles. The molecule has 96 valence electrons. The van der Waals surface area contributed by atoms with E-state index in [0.29, 0.717) is 6.61 Å². The molecule has 0 spiro atoms. The van der Waals surface area contributed by atoms with Gasteiger partial charge in [-0.1, -0.05) is 27.7 Å². The van der Waals surface area contributed by atoms with E-state index in [4.69, 9.17) is 14.2 Å². The molecule has 0 aromatic rings. The normalized spacial score (nSPS) is 30.0. The van der Waals surface area contributed by atoms with E-state index in [-0.39, 0.29) is 16.4 Å². The largest absolute Gasteiger partial charge is 0.374 e. The van der Waals surface area contributed by atoms with Crippen molar-refractivity contribution in [1.29, 1.82) is 0 Å². The van der Waals surface area contributed by atoms with Crippen molar-refractivity contribution >= 4 is 0 Å². The van der Waals surface area contributed by atoms with E-state index in [9.17, 15) is 0 Å². The average Bonchev–Trinajstić information content (AvgIpc) is 2.15. The van der Waals surface area contributed by atoms with Crippen molar-refractivity contribution < 1.29 is 14.2 Å². The highest BCUT2D eigenvalue weighted by Gasteiger charge is 2.66. The minimum absolute atomic E-state index is 0.185. The minimum atomic E-state index is -0.637. The Balaban J connectivity index is 3.34. The molecule has 0 aliphatic carbocycles. The second-order valence-electron chi connectivity index (χ2n) is 6.33. The van der Waals surface area contributed by atoms with E-state index in [1.54, 1.807) is 14.2 Å². The van der Waals surface area contributed by atoms with Gasteiger partial charge in [0.05, 0.1) is 12.2 Å².